The van der Waals surface area contributed by atoms with Crippen molar-refractivity contribution < 1.29 is 4.79 Å². The van der Waals surface area contributed by atoms with E-state index in [1.165, 1.54) is 0 Å². The molecule has 1 atom stereocenters. The molecule has 0 radical (unpaired) electrons. The second-order valence-electron chi connectivity index (χ2n) is 2.73. The van der Waals surface area contributed by atoms with Crippen LogP contribution in [0.5, 0.6) is 0 Å². The van der Waals surface area contributed by atoms with E-state index in [0.29, 0.717) is 5.84 Å². The smallest absolute Gasteiger partial charge is 0.254 e. The van der Waals surface area contributed by atoms with Gasteiger partial charge in [0.15, 0.2) is 0 Å². The van der Waals surface area contributed by atoms with Crippen LogP contribution in [0.25, 0.3) is 0 Å². The molecule has 12 heavy (non-hydrogen) atoms. The van der Waals surface area contributed by atoms with Crippen molar-refractivity contribution in [2.75, 3.05) is 0 Å². The second-order valence-corrected chi connectivity index (χ2v) is 2.73. The fourth-order valence-corrected chi connectivity index (χ4v) is 1.24. The van der Waals surface area contributed by atoms with Crippen molar-refractivity contribution >= 4 is 11.7 Å². The van der Waals surface area contributed by atoms with Crippen LogP contribution < -0.4 is 5.32 Å². The molecule has 0 fully saturated rings. The highest BCUT2D eigenvalue weighted by Gasteiger charge is 2.26. The van der Waals surface area contributed by atoms with Crippen LogP contribution in [-0.2, 0) is 4.79 Å². The lowest BCUT2D eigenvalue weighted by Gasteiger charge is -2.29. The van der Waals surface area contributed by atoms with Gasteiger partial charge < -0.3 is 5.32 Å². The maximum atomic E-state index is 11.3. The molecule has 1 amide bonds. The maximum absolute atomic E-state index is 11.3. The molecule has 2 heterocycles. The first kappa shape index (κ1) is 7.09. The van der Waals surface area contributed by atoms with E-state index in [1.807, 2.05) is 18.2 Å². The number of carbonyl (C=O) groups is 1. The van der Waals surface area contributed by atoms with Crippen molar-refractivity contribution in [2.45, 2.75) is 13.0 Å². The van der Waals surface area contributed by atoms with E-state index in [4.69, 9.17) is 0 Å². The molecule has 0 aromatic carbocycles. The Labute approximate surface area is 70.2 Å². The summed E-state index contributed by atoms with van der Waals surface area (Å²) in [6.07, 6.45) is 7.29. The third-order valence-electron chi connectivity index (χ3n) is 1.77. The minimum absolute atomic E-state index is 0.0249. The summed E-state index contributed by atoms with van der Waals surface area (Å²) < 4.78 is 0. The molecule has 62 valence electrons. The first-order chi connectivity index (χ1) is 5.77. The van der Waals surface area contributed by atoms with Gasteiger partial charge in [0.25, 0.3) is 5.91 Å². The molecule has 0 saturated carbocycles. The van der Waals surface area contributed by atoms with Crippen LogP contribution >= 0.6 is 0 Å². The molecule has 2 aliphatic heterocycles. The Kier molecular flexibility index (Phi) is 1.46. The van der Waals surface area contributed by atoms with Crippen LogP contribution in [0.1, 0.15) is 6.92 Å². The Morgan fingerprint density at radius 3 is 3.25 bits per heavy atom. The van der Waals surface area contributed by atoms with Crippen molar-refractivity contribution in [2.24, 2.45) is 5.10 Å². The summed E-state index contributed by atoms with van der Waals surface area (Å²) in [7, 11) is 0. The Morgan fingerprint density at radius 1 is 1.58 bits per heavy atom. The molecule has 2 rings (SSSR count). The van der Waals surface area contributed by atoms with E-state index in [1.54, 1.807) is 18.1 Å². The summed E-state index contributed by atoms with van der Waals surface area (Å²) in [5.41, 5.74) is 0. The van der Waals surface area contributed by atoms with E-state index < -0.39 is 0 Å². The monoisotopic (exact) mass is 163 g/mol. The molecule has 0 aromatic rings. The summed E-state index contributed by atoms with van der Waals surface area (Å²) >= 11 is 0. The largest absolute Gasteiger partial charge is 0.311 e. The third-order valence-corrected chi connectivity index (χ3v) is 1.77. The summed E-state index contributed by atoms with van der Waals surface area (Å²) in [6, 6.07) is -0.265. The van der Waals surface area contributed by atoms with Gasteiger partial charge in [-0.2, -0.15) is 5.10 Å². The van der Waals surface area contributed by atoms with Gasteiger partial charge in [-0.3, -0.25) is 9.80 Å². The molecule has 0 aliphatic carbocycles. The lowest BCUT2D eigenvalue weighted by molar-refractivity contribution is -0.123. The van der Waals surface area contributed by atoms with E-state index in [0.717, 1.165) is 0 Å². The second kappa shape index (κ2) is 2.48. The number of allylic oxidation sites excluding steroid dienone is 2. The summed E-state index contributed by atoms with van der Waals surface area (Å²) in [5, 5.41) is 8.44. The number of amides is 1. The van der Waals surface area contributed by atoms with Crippen molar-refractivity contribution in [3.63, 3.8) is 0 Å². The highest BCUT2D eigenvalue weighted by molar-refractivity contribution is 6.01. The van der Waals surface area contributed by atoms with Crippen molar-refractivity contribution in [1.82, 2.24) is 10.3 Å². The highest BCUT2D eigenvalue weighted by atomic mass is 16.2. The van der Waals surface area contributed by atoms with Gasteiger partial charge in [-0.1, -0.05) is 12.2 Å². The van der Waals surface area contributed by atoms with Gasteiger partial charge in [-0.05, 0) is 13.0 Å². The number of hydrazone groups is 1. The first-order valence-electron chi connectivity index (χ1n) is 3.77. The summed E-state index contributed by atoms with van der Waals surface area (Å²) in [6.45, 7) is 1.76. The minimum Gasteiger partial charge on any atom is -0.311 e. The minimum atomic E-state index is -0.265. The molecule has 0 saturated heterocycles. The molecular formula is C8H9N3O. The maximum Gasteiger partial charge on any atom is 0.254 e. The normalized spacial score (nSPS) is 26.4. The Balaban J connectivity index is 2.34. The average Bonchev–Trinajstić information content (AvgIpc) is 2.04. The molecular weight excluding hydrogens is 154 g/mol. The molecule has 4 heteroatoms. The summed E-state index contributed by atoms with van der Waals surface area (Å²) in [5.74, 6) is 0.610. The van der Waals surface area contributed by atoms with Crippen LogP contribution in [0.3, 0.4) is 0 Å². The molecule has 0 spiro atoms. The van der Waals surface area contributed by atoms with E-state index in [2.05, 4.69) is 10.4 Å². The van der Waals surface area contributed by atoms with Gasteiger partial charge in [0.1, 0.15) is 11.9 Å². The average molecular weight is 163 g/mol. The molecule has 0 bridgehead atoms. The van der Waals surface area contributed by atoms with Gasteiger partial charge in [-0.15, -0.1) is 0 Å². The Morgan fingerprint density at radius 2 is 2.42 bits per heavy atom. The summed E-state index contributed by atoms with van der Waals surface area (Å²) in [4.78, 5) is 11.3. The quantitative estimate of drug-likeness (QED) is 0.554. The molecule has 2 aliphatic rings. The van der Waals surface area contributed by atoms with Gasteiger partial charge in [0.05, 0.1) is 0 Å². The van der Waals surface area contributed by atoms with Gasteiger partial charge >= 0.3 is 0 Å². The van der Waals surface area contributed by atoms with Gasteiger partial charge in [0.2, 0.25) is 0 Å². The fraction of sp³-hybridized carbons (Fsp3) is 0.250. The number of amidine groups is 1. The molecule has 0 aromatic heterocycles. The standard InChI is InChI=1S/C8H9N3O/c1-6-9-8(12)7-4-2-3-5-11(7)10-6/h2-5,7H,1H3,(H,9,10,12). The van der Waals surface area contributed by atoms with Gasteiger partial charge in [0, 0.05) is 6.20 Å². The SMILES string of the molecule is CC1=NN2C=CC=CC2C(=O)N1. The zero-order valence-electron chi connectivity index (χ0n) is 6.69. The zero-order chi connectivity index (χ0) is 8.55. The third kappa shape index (κ3) is 1.01. The van der Waals surface area contributed by atoms with Crippen LogP contribution in [0, 0.1) is 0 Å². The highest BCUT2D eigenvalue weighted by Crippen LogP contribution is 2.11. The van der Waals surface area contributed by atoms with Crippen LogP contribution in [0.15, 0.2) is 29.5 Å². The van der Waals surface area contributed by atoms with Gasteiger partial charge in [-0.25, -0.2) is 0 Å². The Bertz CT molecular complexity index is 303. The molecule has 1 unspecified atom stereocenters. The lowest BCUT2D eigenvalue weighted by Crippen LogP contribution is -2.49. The number of hydrogen-bond acceptors (Lipinski definition) is 3. The number of hydrogen-bond donors (Lipinski definition) is 1. The van der Waals surface area contributed by atoms with Crippen molar-refractivity contribution in [3.8, 4) is 0 Å². The predicted octanol–water partition coefficient (Wildman–Crippen LogP) is 0.204. The topological polar surface area (TPSA) is 44.7 Å². The number of carbonyl (C=O) groups excluding carboxylic acids is 1. The van der Waals surface area contributed by atoms with Crippen LogP contribution in [-0.4, -0.2) is 22.8 Å². The predicted molar refractivity (Wildman–Crippen MR) is 45.2 cm³/mol. The fourth-order valence-electron chi connectivity index (χ4n) is 1.24. The van der Waals surface area contributed by atoms with Crippen molar-refractivity contribution in [3.05, 3.63) is 24.4 Å². The van der Waals surface area contributed by atoms with E-state index in [9.17, 15) is 4.79 Å². The zero-order valence-corrected chi connectivity index (χ0v) is 6.69. The molecule has 1 N–H and O–H groups in total. The number of rotatable bonds is 0. The van der Waals surface area contributed by atoms with E-state index >= 15 is 0 Å². The number of nitrogens with zero attached hydrogens (tertiary/aromatic N) is 2. The van der Waals surface area contributed by atoms with Crippen molar-refractivity contribution in [1.29, 1.82) is 0 Å². The number of fused-ring (bicyclic) bond motifs is 1. The number of nitrogens with one attached hydrogen (secondary N) is 1. The molecule has 4 nitrogen and oxygen atoms in total. The lowest BCUT2D eigenvalue weighted by atomic mass is 10.2. The van der Waals surface area contributed by atoms with E-state index in [-0.39, 0.29) is 11.9 Å². The van der Waals surface area contributed by atoms with Crippen LogP contribution in [0.4, 0.5) is 0 Å². The first-order valence-corrected chi connectivity index (χ1v) is 3.77. The Hall–Kier alpha value is -1.58. The van der Waals surface area contributed by atoms with Crippen LogP contribution in [0.2, 0.25) is 0 Å².